The lowest BCUT2D eigenvalue weighted by molar-refractivity contribution is -0.870. The van der Waals surface area contributed by atoms with E-state index in [9.17, 15) is 19.5 Å². The first-order chi connectivity index (χ1) is 40.1. The third-order valence-corrected chi connectivity index (χ3v) is 15.2. The number of hydrogen-bond donors (Lipinski definition) is 0. The van der Waals surface area contributed by atoms with Crippen LogP contribution in [0.1, 0.15) is 316 Å². The van der Waals surface area contributed by atoms with Crippen molar-refractivity contribution in [3.05, 3.63) is 72.9 Å². The minimum Gasteiger partial charge on any atom is -0.545 e. The average Bonchev–Trinajstić information content (AvgIpc) is 3.47. The molecule has 0 radical (unpaired) electrons. The molecule has 0 heterocycles. The van der Waals surface area contributed by atoms with Gasteiger partial charge < -0.3 is 33.3 Å². The Kier molecular flexibility index (Phi) is 61.2. The van der Waals surface area contributed by atoms with Crippen LogP contribution in [0, 0.1) is 0 Å². The summed E-state index contributed by atoms with van der Waals surface area (Å²) in [7, 11) is 5.94. The summed E-state index contributed by atoms with van der Waals surface area (Å²) in [6, 6.07) is 0. The Morgan fingerprint density at radius 2 is 0.695 bits per heavy atom. The second-order valence-corrected chi connectivity index (χ2v) is 24.4. The van der Waals surface area contributed by atoms with E-state index in [-0.39, 0.29) is 32.2 Å². The fourth-order valence-corrected chi connectivity index (χ4v) is 9.96. The van der Waals surface area contributed by atoms with Crippen molar-refractivity contribution in [1.82, 2.24) is 0 Å². The van der Waals surface area contributed by atoms with Crippen molar-refractivity contribution in [2.75, 3.05) is 47.5 Å². The van der Waals surface area contributed by atoms with E-state index in [2.05, 4.69) is 86.8 Å². The highest BCUT2D eigenvalue weighted by atomic mass is 16.7. The van der Waals surface area contributed by atoms with Gasteiger partial charge in [0.15, 0.2) is 12.4 Å². The number of carbonyl (C=O) groups excluding carboxylic acids is 3. The monoisotopic (exact) mass is 1150 g/mol. The molecule has 0 rings (SSSR count). The minimum absolute atomic E-state index is 0.149. The van der Waals surface area contributed by atoms with Crippen molar-refractivity contribution < 1.29 is 42.9 Å². The van der Waals surface area contributed by atoms with Gasteiger partial charge in [0.2, 0.25) is 0 Å². The van der Waals surface area contributed by atoms with Gasteiger partial charge in [0.05, 0.1) is 40.3 Å². The van der Waals surface area contributed by atoms with Crippen LogP contribution in [-0.2, 0) is 33.3 Å². The summed E-state index contributed by atoms with van der Waals surface area (Å²) in [5, 5.41) is 11.8. The summed E-state index contributed by atoms with van der Waals surface area (Å²) in [5.41, 5.74) is 0. The van der Waals surface area contributed by atoms with E-state index in [1.54, 1.807) is 0 Å². The lowest BCUT2D eigenvalue weighted by Crippen LogP contribution is -2.44. The van der Waals surface area contributed by atoms with Crippen LogP contribution in [0.5, 0.6) is 0 Å². The molecule has 0 bridgehead atoms. The Bertz CT molecular complexity index is 1570. The molecule has 0 fully saturated rings. The van der Waals surface area contributed by atoms with Gasteiger partial charge in [-0.3, -0.25) is 9.59 Å². The standard InChI is InChI=1S/C73H131NO8/c1-6-8-10-12-14-16-18-20-22-24-26-28-29-30-31-32-33-34-35-36-37-38-39-40-41-42-43-44-46-48-50-52-54-56-58-60-62-64-71(76)82-69(68-81-73(72(77)78)79-66-65-74(3,4)5)67-80-70(75)63-61-59-57-55-53-51-49-47-45-27-25-23-21-19-17-15-13-11-9-7-2/h8,10,14,16,20,22,26,28,30-31,33-34,69,73H,6-7,9,11-13,15,17-19,21,23-25,27,29,32,35-68H2,1-5H3/b10-8-,16-14-,22-20-,28-26-,31-30-,34-33-. The maximum absolute atomic E-state index is 12.9. The summed E-state index contributed by atoms with van der Waals surface area (Å²) < 4.78 is 22.8. The molecule has 2 atom stereocenters. The zero-order valence-corrected chi connectivity index (χ0v) is 54.4. The number of nitrogens with zero attached hydrogens (tertiary/aromatic N) is 1. The van der Waals surface area contributed by atoms with Crippen molar-refractivity contribution in [3.63, 3.8) is 0 Å². The largest absolute Gasteiger partial charge is 0.545 e. The molecular weight excluding hydrogens is 1020 g/mol. The Morgan fingerprint density at radius 3 is 1.04 bits per heavy atom. The van der Waals surface area contributed by atoms with E-state index in [1.807, 2.05) is 21.1 Å². The fraction of sp³-hybridized carbons (Fsp3) is 0.795. The predicted molar refractivity (Wildman–Crippen MR) is 348 cm³/mol. The number of quaternary nitrogens is 1. The summed E-state index contributed by atoms with van der Waals surface area (Å²) in [5.74, 6) is -2.26. The molecule has 0 spiro atoms. The molecule has 476 valence electrons. The molecule has 0 aromatic heterocycles. The molecule has 0 saturated heterocycles. The Labute approximate surface area is 507 Å². The van der Waals surface area contributed by atoms with E-state index >= 15 is 0 Å². The average molecular weight is 1150 g/mol. The zero-order chi connectivity index (χ0) is 59.8. The number of aliphatic carboxylic acids is 1. The number of carboxylic acids is 1. The second-order valence-electron chi connectivity index (χ2n) is 24.4. The number of carbonyl (C=O) groups is 3. The second kappa shape index (κ2) is 63.7. The third kappa shape index (κ3) is 64.3. The number of hydrogen-bond acceptors (Lipinski definition) is 8. The van der Waals surface area contributed by atoms with Crippen LogP contribution in [0.25, 0.3) is 0 Å². The number of rotatable bonds is 64. The number of likely N-dealkylation sites (N-methyl/N-ethyl adjacent to an activating group) is 1. The van der Waals surface area contributed by atoms with Crippen LogP contribution in [0.15, 0.2) is 72.9 Å². The van der Waals surface area contributed by atoms with Crippen molar-refractivity contribution in [3.8, 4) is 0 Å². The summed E-state index contributed by atoms with van der Waals surface area (Å²) in [4.78, 5) is 37.4. The first kappa shape index (κ1) is 78.7. The topological polar surface area (TPSA) is 111 Å². The highest BCUT2D eigenvalue weighted by Gasteiger charge is 2.22. The first-order valence-electron chi connectivity index (χ1n) is 34.6. The van der Waals surface area contributed by atoms with Gasteiger partial charge in [0.1, 0.15) is 13.2 Å². The van der Waals surface area contributed by atoms with E-state index in [1.165, 1.54) is 212 Å². The highest BCUT2D eigenvalue weighted by molar-refractivity contribution is 5.70. The van der Waals surface area contributed by atoms with Gasteiger partial charge in [0.25, 0.3) is 0 Å². The van der Waals surface area contributed by atoms with Crippen LogP contribution in [0.3, 0.4) is 0 Å². The van der Waals surface area contributed by atoms with Gasteiger partial charge in [-0.15, -0.1) is 0 Å². The predicted octanol–water partition coefficient (Wildman–Crippen LogP) is 20.0. The molecule has 0 aliphatic carbocycles. The summed E-state index contributed by atoms with van der Waals surface area (Å²) >= 11 is 0. The van der Waals surface area contributed by atoms with Crippen LogP contribution in [0.2, 0.25) is 0 Å². The van der Waals surface area contributed by atoms with E-state index in [0.29, 0.717) is 23.9 Å². The van der Waals surface area contributed by atoms with Gasteiger partial charge in [-0.2, -0.15) is 0 Å². The number of esters is 2. The minimum atomic E-state index is -1.62. The molecule has 0 aromatic rings. The summed E-state index contributed by atoms with van der Waals surface area (Å²) in [6.45, 7) is 4.68. The molecule has 9 heteroatoms. The van der Waals surface area contributed by atoms with Crippen LogP contribution in [-0.4, -0.2) is 82.3 Å². The lowest BCUT2D eigenvalue weighted by Gasteiger charge is -2.26. The number of unbranched alkanes of at least 4 members (excludes halogenated alkanes) is 37. The lowest BCUT2D eigenvalue weighted by atomic mass is 10.0. The van der Waals surface area contributed by atoms with E-state index in [4.69, 9.17) is 18.9 Å². The zero-order valence-electron chi connectivity index (χ0n) is 54.4. The van der Waals surface area contributed by atoms with Gasteiger partial charge in [-0.25, -0.2) is 0 Å². The van der Waals surface area contributed by atoms with Gasteiger partial charge in [0, 0.05) is 12.8 Å². The highest BCUT2D eigenvalue weighted by Crippen LogP contribution is 2.18. The van der Waals surface area contributed by atoms with Gasteiger partial charge in [-0.05, 0) is 64.2 Å². The molecule has 0 saturated carbocycles. The number of ether oxygens (including phenoxy) is 4. The van der Waals surface area contributed by atoms with Gasteiger partial charge >= 0.3 is 11.9 Å². The molecule has 0 aromatic carbocycles. The Balaban J connectivity index is 4.05. The van der Waals surface area contributed by atoms with Crippen molar-refractivity contribution in [2.24, 2.45) is 0 Å². The van der Waals surface area contributed by atoms with Crippen molar-refractivity contribution >= 4 is 17.9 Å². The first-order valence-corrected chi connectivity index (χ1v) is 34.6. The van der Waals surface area contributed by atoms with Crippen LogP contribution >= 0.6 is 0 Å². The van der Waals surface area contributed by atoms with Crippen molar-refractivity contribution in [2.45, 2.75) is 328 Å². The van der Waals surface area contributed by atoms with Gasteiger partial charge in [-0.1, -0.05) is 311 Å². The van der Waals surface area contributed by atoms with E-state index in [0.717, 1.165) is 70.6 Å². The number of carboxylic acid groups (broad SMARTS) is 1. The normalized spacial score (nSPS) is 13.1. The molecule has 2 unspecified atom stereocenters. The van der Waals surface area contributed by atoms with Crippen molar-refractivity contribution in [1.29, 1.82) is 0 Å². The maximum atomic E-state index is 12.9. The third-order valence-electron chi connectivity index (χ3n) is 15.2. The Hall–Kier alpha value is -3.27. The summed E-state index contributed by atoms with van der Waals surface area (Å²) in [6.07, 6.45) is 81.3. The molecule has 0 aliphatic rings. The molecule has 82 heavy (non-hydrogen) atoms. The smallest absolute Gasteiger partial charge is 0.306 e. The van der Waals surface area contributed by atoms with E-state index < -0.39 is 24.3 Å². The SMILES string of the molecule is CC/C=C\C/C=C\C/C=C\C/C=C\C/C=C\C/C=C\CCCCCCCCCCCCCCCCCCCCC(=O)OC(COC(=O)CCCCCCCCCCCCCCCCCCCCCC)COC(OCC[N+](C)(C)C)C(=O)[O-]. The molecule has 0 N–H and O–H groups in total. The van der Waals surface area contributed by atoms with Crippen LogP contribution in [0.4, 0.5) is 0 Å². The quantitative estimate of drug-likeness (QED) is 0.0195. The molecular formula is C73H131NO8. The maximum Gasteiger partial charge on any atom is 0.306 e. The Morgan fingerprint density at radius 1 is 0.378 bits per heavy atom. The molecule has 9 nitrogen and oxygen atoms in total. The van der Waals surface area contributed by atoms with Crippen LogP contribution < -0.4 is 5.11 Å². The fourth-order valence-electron chi connectivity index (χ4n) is 9.96. The molecule has 0 amide bonds. The number of allylic oxidation sites excluding steroid dienone is 12. The molecule has 0 aliphatic heterocycles.